The van der Waals surface area contributed by atoms with Crippen molar-refractivity contribution in [1.29, 1.82) is 0 Å². The predicted molar refractivity (Wildman–Crippen MR) is 127 cm³/mol. The highest BCUT2D eigenvalue weighted by Gasteiger charge is 2.42. The van der Waals surface area contributed by atoms with E-state index in [9.17, 15) is 4.79 Å². The molecule has 0 aliphatic heterocycles. The summed E-state index contributed by atoms with van der Waals surface area (Å²) in [6, 6.07) is 23.8. The fourth-order valence-electron chi connectivity index (χ4n) is 5.64. The first-order chi connectivity index (χ1) is 15.0. The van der Waals surface area contributed by atoms with E-state index in [0.717, 1.165) is 18.4 Å². The van der Waals surface area contributed by atoms with Crippen LogP contribution in [0.1, 0.15) is 32.3 Å². The summed E-state index contributed by atoms with van der Waals surface area (Å²) in [5.41, 5.74) is 0.377. The Morgan fingerprint density at radius 1 is 0.806 bits per heavy atom. The summed E-state index contributed by atoms with van der Waals surface area (Å²) >= 11 is 0. The molecule has 0 radical (unpaired) electrons. The van der Waals surface area contributed by atoms with E-state index in [-0.39, 0.29) is 11.9 Å². The van der Waals surface area contributed by atoms with Crippen LogP contribution >= 0.6 is 0 Å². The third kappa shape index (κ3) is 2.96. The molecule has 3 unspecified atom stereocenters. The van der Waals surface area contributed by atoms with Gasteiger partial charge in [-0.2, -0.15) is 0 Å². The number of rotatable bonds is 3. The number of benzene rings is 4. The molecule has 0 spiro atoms. The van der Waals surface area contributed by atoms with Gasteiger partial charge in [0.1, 0.15) is 5.60 Å². The van der Waals surface area contributed by atoms with Gasteiger partial charge in [0.05, 0.1) is 5.92 Å². The molecular weight excluding hydrogens is 380 g/mol. The molecule has 2 nitrogen and oxygen atoms in total. The van der Waals surface area contributed by atoms with Crippen LogP contribution in [0.3, 0.4) is 0 Å². The van der Waals surface area contributed by atoms with Crippen molar-refractivity contribution in [2.24, 2.45) is 17.8 Å². The van der Waals surface area contributed by atoms with E-state index in [0.29, 0.717) is 11.8 Å². The number of ether oxygens (including phenoxy) is 1. The minimum Gasteiger partial charge on any atom is -0.455 e. The zero-order valence-corrected chi connectivity index (χ0v) is 18.0. The molecule has 6 rings (SSSR count). The van der Waals surface area contributed by atoms with Crippen molar-refractivity contribution in [1.82, 2.24) is 0 Å². The number of esters is 1. The number of carbonyl (C=O) groups excluding carboxylic acids is 1. The molecular formula is C29H26O2. The Bertz CT molecular complexity index is 1380. The molecule has 4 aromatic rings. The van der Waals surface area contributed by atoms with Crippen molar-refractivity contribution >= 4 is 38.3 Å². The van der Waals surface area contributed by atoms with Gasteiger partial charge in [-0.1, -0.05) is 72.8 Å². The van der Waals surface area contributed by atoms with Gasteiger partial charge in [0.15, 0.2) is 0 Å². The molecule has 154 valence electrons. The Morgan fingerprint density at radius 3 is 2.26 bits per heavy atom. The van der Waals surface area contributed by atoms with Crippen LogP contribution in [0.2, 0.25) is 0 Å². The SMILES string of the molecule is CC(C)(OC(=O)C1CC2C=CC1C2)c1ccc2c(ccc3c4ccccc4ccc23)c1. The maximum Gasteiger partial charge on any atom is 0.310 e. The smallest absolute Gasteiger partial charge is 0.310 e. The van der Waals surface area contributed by atoms with E-state index < -0.39 is 5.60 Å². The third-order valence-electron chi connectivity index (χ3n) is 7.37. The fraction of sp³-hybridized carbons (Fsp3) is 0.276. The van der Waals surface area contributed by atoms with Crippen LogP contribution in [-0.2, 0) is 15.1 Å². The molecule has 0 aromatic heterocycles. The quantitative estimate of drug-likeness (QED) is 0.205. The van der Waals surface area contributed by atoms with Crippen molar-refractivity contribution in [2.75, 3.05) is 0 Å². The number of fused-ring (bicyclic) bond motifs is 7. The standard InChI is InChI=1S/C29H26O2/c1-29(2,31-28(30)27-16-18-7-8-20(27)15-18)22-11-14-24-21(17-22)10-13-25-23-6-4-3-5-19(23)9-12-26(24)25/h3-14,17-18,20,27H,15-16H2,1-2H3. The van der Waals surface area contributed by atoms with Crippen molar-refractivity contribution in [3.05, 3.63) is 84.4 Å². The molecule has 1 saturated carbocycles. The lowest BCUT2D eigenvalue weighted by atomic mass is 9.91. The second-order valence-electron chi connectivity index (χ2n) is 9.70. The lowest BCUT2D eigenvalue weighted by Crippen LogP contribution is -2.31. The maximum atomic E-state index is 12.9. The zero-order chi connectivity index (χ0) is 21.2. The van der Waals surface area contributed by atoms with E-state index in [2.05, 4.69) is 78.9 Å². The van der Waals surface area contributed by atoms with Gasteiger partial charge < -0.3 is 4.74 Å². The molecule has 0 heterocycles. The molecule has 1 fully saturated rings. The van der Waals surface area contributed by atoms with Crippen LogP contribution in [-0.4, -0.2) is 5.97 Å². The summed E-state index contributed by atoms with van der Waals surface area (Å²) in [5.74, 6) is 0.903. The van der Waals surface area contributed by atoms with E-state index >= 15 is 0 Å². The van der Waals surface area contributed by atoms with E-state index in [1.807, 2.05) is 13.8 Å². The normalized spacial score (nSPS) is 22.6. The van der Waals surface area contributed by atoms with Gasteiger partial charge in [0.25, 0.3) is 0 Å². The Kier molecular flexibility index (Phi) is 4.02. The van der Waals surface area contributed by atoms with Crippen LogP contribution in [0, 0.1) is 17.8 Å². The van der Waals surface area contributed by atoms with Gasteiger partial charge in [-0.05, 0) is 82.5 Å². The zero-order valence-electron chi connectivity index (χ0n) is 18.0. The second kappa shape index (κ2) is 6.68. The van der Waals surface area contributed by atoms with Crippen molar-refractivity contribution in [3.63, 3.8) is 0 Å². The van der Waals surface area contributed by atoms with Crippen molar-refractivity contribution in [3.8, 4) is 0 Å². The molecule has 2 heteroatoms. The van der Waals surface area contributed by atoms with E-state index in [4.69, 9.17) is 4.74 Å². The van der Waals surface area contributed by atoms with Gasteiger partial charge >= 0.3 is 5.97 Å². The minimum atomic E-state index is -0.658. The highest BCUT2D eigenvalue weighted by atomic mass is 16.6. The molecule has 3 atom stereocenters. The Hall–Kier alpha value is -3.13. The highest BCUT2D eigenvalue weighted by molar-refractivity contribution is 6.17. The molecule has 0 amide bonds. The van der Waals surface area contributed by atoms with Gasteiger partial charge in [-0.25, -0.2) is 0 Å². The second-order valence-corrected chi connectivity index (χ2v) is 9.70. The van der Waals surface area contributed by atoms with Crippen LogP contribution in [0.25, 0.3) is 32.3 Å². The number of hydrogen-bond donors (Lipinski definition) is 0. The summed E-state index contributed by atoms with van der Waals surface area (Å²) < 4.78 is 6.08. The topological polar surface area (TPSA) is 26.3 Å². The molecule has 31 heavy (non-hydrogen) atoms. The maximum absolute atomic E-state index is 12.9. The lowest BCUT2D eigenvalue weighted by molar-refractivity contribution is -0.163. The Morgan fingerprint density at radius 2 is 1.52 bits per heavy atom. The van der Waals surface area contributed by atoms with Gasteiger partial charge in [-0.15, -0.1) is 0 Å². The number of allylic oxidation sites excluding steroid dienone is 2. The molecule has 2 aliphatic carbocycles. The summed E-state index contributed by atoms with van der Waals surface area (Å²) in [6.07, 6.45) is 6.51. The molecule has 0 N–H and O–H groups in total. The minimum absolute atomic E-state index is 0.0203. The van der Waals surface area contributed by atoms with E-state index in [1.54, 1.807) is 0 Å². The number of carbonyl (C=O) groups is 1. The predicted octanol–water partition coefficient (Wildman–Crippen LogP) is 7.14. The average Bonchev–Trinajstić information content (AvgIpc) is 3.42. The van der Waals surface area contributed by atoms with Gasteiger partial charge in [0.2, 0.25) is 0 Å². The summed E-state index contributed by atoms with van der Waals surface area (Å²) in [7, 11) is 0. The number of hydrogen-bond acceptors (Lipinski definition) is 2. The monoisotopic (exact) mass is 406 g/mol. The molecule has 4 aromatic carbocycles. The highest BCUT2D eigenvalue weighted by Crippen LogP contribution is 2.45. The molecule has 2 bridgehead atoms. The summed E-state index contributed by atoms with van der Waals surface area (Å²) in [6.45, 7) is 4.01. The van der Waals surface area contributed by atoms with Crippen molar-refractivity contribution < 1.29 is 9.53 Å². The third-order valence-corrected chi connectivity index (χ3v) is 7.37. The molecule has 0 saturated heterocycles. The summed E-state index contributed by atoms with van der Waals surface area (Å²) in [4.78, 5) is 12.9. The Balaban J connectivity index is 1.36. The van der Waals surface area contributed by atoms with Gasteiger partial charge in [-0.3, -0.25) is 4.79 Å². The lowest BCUT2D eigenvalue weighted by Gasteiger charge is -2.29. The van der Waals surface area contributed by atoms with E-state index in [1.165, 1.54) is 32.3 Å². The van der Waals surface area contributed by atoms with Crippen LogP contribution in [0.5, 0.6) is 0 Å². The fourth-order valence-corrected chi connectivity index (χ4v) is 5.64. The van der Waals surface area contributed by atoms with Crippen molar-refractivity contribution in [2.45, 2.75) is 32.3 Å². The van der Waals surface area contributed by atoms with Gasteiger partial charge in [0, 0.05) is 0 Å². The van der Waals surface area contributed by atoms with Crippen LogP contribution < -0.4 is 0 Å². The van der Waals surface area contributed by atoms with Crippen LogP contribution in [0.4, 0.5) is 0 Å². The first-order valence-corrected chi connectivity index (χ1v) is 11.3. The largest absolute Gasteiger partial charge is 0.455 e. The first kappa shape index (κ1) is 18.6. The average molecular weight is 407 g/mol. The molecule has 2 aliphatic rings. The first-order valence-electron chi connectivity index (χ1n) is 11.3. The Labute approximate surface area is 182 Å². The van der Waals surface area contributed by atoms with Crippen LogP contribution in [0.15, 0.2) is 78.9 Å². The summed E-state index contributed by atoms with van der Waals surface area (Å²) in [5, 5.41) is 7.47.